The predicted octanol–water partition coefficient (Wildman–Crippen LogP) is 4.37. The molecule has 3 aromatic rings. The number of nitrogens with one attached hydrogen (secondary N) is 1. The van der Waals surface area contributed by atoms with E-state index in [0.29, 0.717) is 5.89 Å². The van der Waals surface area contributed by atoms with Crippen molar-refractivity contribution >= 4 is 16.8 Å². The van der Waals surface area contributed by atoms with Gasteiger partial charge in [0.1, 0.15) is 5.52 Å². The number of anilines is 1. The van der Waals surface area contributed by atoms with E-state index in [1.54, 1.807) is 0 Å². The Morgan fingerprint density at radius 2 is 1.75 bits per heavy atom. The lowest BCUT2D eigenvalue weighted by Crippen LogP contribution is -2.00. The van der Waals surface area contributed by atoms with E-state index >= 15 is 0 Å². The van der Waals surface area contributed by atoms with Gasteiger partial charge in [-0.1, -0.05) is 29.3 Å². The van der Waals surface area contributed by atoms with Gasteiger partial charge in [0.25, 0.3) is 0 Å². The summed E-state index contributed by atoms with van der Waals surface area (Å²) in [4.78, 5) is 4.35. The normalized spacial score (nSPS) is 10.9. The molecule has 1 N–H and O–H groups in total. The van der Waals surface area contributed by atoms with Gasteiger partial charge >= 0.3 is 0 Å². The number of fused-ring (bicyclic) bond motifs is 1. The Hall–Kier alpha value is -2.29. The number of rotatable bonds is 3. The molecule has 1 aromatic heterocycles. The van der Waals surface area contributed by atoms with Gasteiger partial charge in [-0.05, 0) is 37.6 Å². The highest BCUT2D eigenvalue weighted by molar-refractivity contribution is 5.77. The summed E-state index contributed by atoms with van der Waals surface area (Å²) in [6.45, 7) is 6.93. The number of aromatic nitrogens is 1. The largest absolute Gasteiger partial charge is 0.441 e. The maximum Gasteiger partial charge on any atom is 0.192 e. The van der Waals surface area contributed by atoms with Crippen LogP contribution in [0.25, 0.3) is 11.1 Å². The van der Waals surface area contributed by atoms with Crippen molar-refractivity contribution in [1.82, 2.24) is 4.98 Å². The van der Waals surface area contributed by atoms with Gasteiger partial charge in [-0.2, -0.15) is 0 Å². The Morgan fingerprint density at radius 1 is 1.00 bits per heavy atom. The number of hydrogen-bond donors (Lipinski definition) is 1. The third-order valence-electron chi connectivity index (χ3n) is 3.27. The molecule has 2 aromatic carbocycles. The molecule has 0 unspecified atom stereocenters. The Labute approximate surface area is 118 Å². The molecule has 3 rings (SSSR count). The highest BCUT2D eigenvalue weighted by atomic mass is 16.3. The first kappa shape index (κ1) is 12.7. The zero-order valence-electron chi connectivity index (χ0n) is 12.0. The molecule has 0 amide bonds. The Bertz CT molecular complexity index is 739. The molecule has 20 heavy (non-hydrogen) atoms. The Balaban J connectivity index is 1.79. The average molecular weight is 266 g/mol. The minimum Gasteiger partial charge on any atom is -0.441 e. The van der Waals surface area contributed by atoms with E-state index in [9.17, 15) is 0 Å². The van der Waals surface area contributed by atoms with Crippen molar-refractivity contribution in [3.05, 3.63) is 59.0 Å². The Kier molecular flexibility index (Phi) is 3.18. The predicted molar refractivity (Wildman–Crippen MR) is 82.0 cm³/mol. The molecule has 0 aliphatic heterocycles. The zero-order valence-corrected chi connectivity index (χ0v) is 12.0. The standard InChI is InChI=1S/C17H18N2O/c1-11-6-12(2)8-14(7-11)10-18-15-4-5-17-16(9-15)19-13(3)20-17/h4-9,18H,10H2,1-3H3. The maximum atomic E-state index is 5.48. The molecule has 0 saturated heterocycles. The van der Waals surface area contributed by atoms with E-state index in [4.69, 9.17) is 4.42 Å². The van der Waals surface area contributed by atoms with Crippen LogP contribution < -0.4 is 5.32 Å². The highest BCUT2D eigenvalue weighted by Crippen LogP contribution is 2.20. The fourth-order valence-corrected chi connectivity index (χ4v) is 2.53. The summed E-state index contributed by atoms with van der Waals surface area (Å²) in [5, 5.41) is 3.44. The first-order valence-electron chi connectivity index (χ1n) is 6.78. The van der Waals surface area contributed by atoms with Crippen LogP contribution in [0.2, 0.25) is 0 Å². The summed E-state index contributed by atoms with van der Waals surface area (Å²) < 4.78 is 5.48. The second-order valence-electron chi connectivity index (χ2n) is 5.26. The van der Waals surface area contributed by atoms with Crippen molar-refractivity contribution in [2.45, 2.75) is 27.3 Å². The van der Waals surface area contributed by atoms with Crippen molar-refractivity contribution in [2.75, 3.05) is 5.32 Å². The third kappa shape index (κ3) is 2.67. The van der Waals surface area contributed by atoms with Crippen LogP contribution in [-0.2, 0) is 6.54 Å². The molecular formula is C17H18N2O. The summed E-state index contributed by atoms with van der Waals surface area (Å²) in [5.41, 5.74) is 6.67. The first-order chi connectivity index (χ1) is 9.60. The molecule has 0 radical (unpaired) electrons. The van der Waals surface area contributed by atoms with Gasteiger partial charge in [-0.25, -0.2) is 4.98 Å². The first-order valence-corrected chi connectivity index (χ1v) is 6.78. The lowest BCUT2D eigenvalue weighted by Gasteiger charge is -2.08. The molecule has 0 fully saturated rings. The quantitative estimate of drug-likeness (QED) is 0.765. The number of benzene rings is 2. The van der Waals surface area contributed by atoms with E-state index in [0.717, 1.165) is 23.3 Å². The number of nitrogens with zero attached hydrogens (tertiary/aromatic N) is 1. The summed E-state index contributed by atoms with van der Waals surface area (Å²) in [7, 11) is 0. The summed E-state index contributed by atoms with van der Waals surface area (Å²) in [6, 6.07) is 12.6. The van der Waals surface area contributed by atoms with E-state index in [1.165, 1.54) is 16.7 Å². The number of aryl methyl sites for hydroxylation is 3. The van der Waals surface area contributed by atoms with E-state index < -0.39 is 0 Å². The molecule has 0 bridgehead atoms. The topological polar surface area (TPSA) is 38.1 Å². The third-order valence-corrected chi connectivity index (χ3v) is 3.27. The molecule has 3 nitrogen and oxygen atoms in total. The van der Waals surface area contributed by atoms with Gasteiger partial charge in [0.2, 0.25) is 0 Å². The van der Waals surface area contributed by atoms with Crippen LogP contribution in [-0.4, -0.2) is 4.98 Å². The van der Waals surface area contributed by atoms with Gasteiger partial charge in [0, 0.05) is 19.2 Å². The van der Waals surface area contributed by atoms with E-state index in [2.05, 4.69) is 42.3 Å². The monoisotopic (exact) mass is 266 g/mol. The van der Waals surface area contributed by atoms with E-state index in [1.807, 2.05) is 25.1 Å². The van der Waals surface area contributed by atoms with Crippen molar-refractivity contribution < 1.29 is 4.42 Å². The average Bonchev–Trinajstić information content (AvgIpc) is 2.74. The van der Waals surface area contributed by atoms with Crippen molar-refractivity contribution in [3.8, 4) is 0 Å². The van der Waals surface area contributed by atoms with Crippen LogP contribution in [0.15, 0.2) is 40.8 Å². The van der Waals surface area contributed by atoms with Gasteiger partial charge in [0.05, 0.1) is 0 Å². The highest BCUT2D eigenvalue weighted by Gasteiger charge is 2.03. The molecule has 102 valence electrons. The van der Waals surface area contributed by atoms with Crippen LogP contribution in [0.1, 0.15) is 22.6 Å². The fraction of sp³-hybridized carbons (Fsp3) is 0.235. The van der Waals surface area contributed by atoms with Crippen molar-refractivity contribution in [1.29, 1.82) is 0 Å². The molecular weight excluding hydrogens is 248 g/mol. The molecule has 0 aliphatic carbocycles. The second kappa shape index (κ2) is 5.00. The summed E-state index contributed by atoms with van der Waals surface area (Å²) in [6.07, 6.45) is 0. The van der Waals surface area contributed by atoms with Gasteiger partial charge < -0.3 is 9.73 Å². The van der Waals surface area contributed by atoms with Gasteiger partial charge in [-0.3, -0.25) is 0 Å². The summed E-state index contributed by atoms with van der Waals surface area (Å²) in [5.74, 6) is 0.700. The fourth-order valence-electron chi connectivity index (χ4n) is 2.53. The van der Waals surface area contributed by atoms with Crippen LogP contribution >= 0.6 is 0 Å². The second-order valence-corrected chi connectivity index (χ2v) is 5.26. The zero-order chi connectivity index (χ0) is 14.1. The van der Waals surface area contributed by atoms with Crippen LogP contribution in [0.4, 0.5) is 5.69 Å². The Morgan fingerprint density at radius 3 is 2.50 bits per heavy atom. The van der Waals surface area contributed by atoms with Crippen molar-refractivity contribution in [2.24, 2.45) is 0 Å². The van der Waals surface area contributed by atoms with E-state index in [-0.39, 0.29) is 0 Å². The smallest absolute Gasteiger partial charge is 0.192 e. The maximum absolute atomic E-state index is 5.48. The van der Waals surface area contributed by atoms with Gasteiger partial charge in [0.15, 0.2) is 11.5 Å². The number of hydrogen-bond acceptors (Lipinski definition) is 3. The SMILES string of the molecule is Cc1cc(C)cc(CNc2ccc3oc(C)nc3c2)c1. The molecule has 3 heteroatoms. The molecule has 0 atom stereocenters. The van der Waals surface area contributed by atoms with Gasteiger partial charge in [-0.15, -0.1) is 0 Å². The molecule has 0 aliphatic rings. The van der Waals surface area contributed by atoms with Crippen molar-refractivity contribution in [3.63, 3.8) is 0 Å². The summed E-state index contributed by atoms with van der Waals surface area (Å²) >= 11 is 0. The molecule has 0 saturated carbocycles. The lowest BCUT2D eigenvalue weighted by molar-refractivity contribution is 0.561. The lowest BCUT2D eigenvalue weighted by atomic mass is 10.1. The minimum absolute atomic E-state index is 0.700. The van der Waals surface area contributed by atoms with Crippen LogP contribution in [0, 0.1) is 20.8 Å². The molecule has 0 spiro atoms. The minimum atomic E-state index is 0.700. The number of oxazole rings is 1. The van der Waals surface area contributed by atoms with Crippen LogP contribution in [0.5, 0.6) is 0 Å². The molecule has 1 heterocycles. The van der Waals surface area contributed by atoms with Crippen LogP contribution in [0.3, 0.4) is 0 Å².